The molecule has 0 saturated carbocycles. The van der Waals surface area contributed by atoms with Crippen LogP contribution in [0.25, 0.3) is 0 Å². The number of pyridine rings is 1. The molecule has 34 heavy (non-hydrogen) atoms. The van der Waals surface area contributed by atoms with E-state index in [4.69, 9.17) is 4.74 Å². The zero-order chi connectivity index (χ0) is 24.1. The molecule has 3 aromatic rings. The summed E-state index contributed by atoms with van der Waals surface area (Å²) >= 11 is 0. The first kappa shape index (κ1) is 23.3. The number of amides is 1. The molecule has 0 unspecified atom stereocenters. The van der Waals surface area contributed by atoms with Gasteiger partial charge in [-0.05, 0) is 54.8 Å². The van der Waals surface area contributed by atoms with Gasteiger partial charge in [-0.3, -0.25) is 14.8 Å². The summed E-state index contributed by atoms with van der Waals surface area (Å²) in [7, 11) is 0. The third kappa shape index (κ3) is 5.92. The van der Waals surface area contributed by atoms with Crippen LogP contribution in [-0.4, -0.2) is 29.8 Å². The molecule has 6 nitrogen and oxygen atoms in total. The van der Waals surface area contributed by atoms with Gasteiger partial charge in [-0.15, -0.1) is 0 Å². The van der Waals surface area contributed by atoms with Gasteiger partial charge < -0.3 is 15.4 Å². The highest BCUT2D eigenvalue weighted by Crippen LogP contribution is 2.33. The van der Waals surface area contributed by atoms with E-state index in [-0.39, 0.29) is 23.6 Å². The molecule has 9 heteroatoms. The molecule has 1 aliphatic heterocycles. The van der Waals surface area contributed by atoms with E-state index in [2.05, 4.69) is 20.6 Å². The van der Waals surface area contributed by atoms with Gasteiger partial charge in [-0.1, -0.05) is 18.2 Å². The van der Waals surface area contributed by atoms with Crippen LogP contribution in [-0.2, 0) is 17.4 Å². The number of aryl methyl sites for hydroxylation is 2. The smallest absolute Gasteiger partial charge is 0.416 e. The summed E-state index contributed by atoms with van der Waals surface area (Å²) in [6, 6.07) is 14.6. The molecule has 0 fully saturated rings. The van der Waals surface area contributed by atoms with Crippen molar-refractivity contribution in [2.75, 3.05) is 18.4 Å². The number of anilines is 1. The van der Waals surface area contributed by atoms with E-state index in [0.717, 1.165) is 24.0 Å². The maximum absolute atomic E-state index is 13.1. The molecular weight excluding hydrogens is 445 g/mol. The number of nitrogens with zero attached hydrogens (tertiary/aromatic N) is 2. The van der Waals surface area contributed by atoms with Crippen LogP contribution in [0.3, 0.4) is 0 Å². The number of nitrogens with one attached hydrogen (secondary N) is 2. The summed E-state index contributed by atoms with van der Waals surface area (Å²) < 4.78 is 45.2. The number of carbonyl (C=O) groups excluding carboxylic acids is 1. The number of carbonyl (C=O) groups is 1. The van der Waals surface area contributed by atoms with Gasteiger partial charge in [0.15, 0.2) is 0 Å². The molecule has 2 heterocycles. The average molecular weight is 468 g/mol. The zero-order valence-corrected chi connectivity index (χ0v) is 18.4. The topological polar surface area (TPSA) is 75.6 Å². The molecule has 0 bridgehead atoms. The molecule has 4 rings (SSSR count). The van der Waals surface area contributed by atoms with Gasteiger partial charge in [0, 0.05) is 30.9 Å². The lowest BCUT2D eigenvalue weighted by Crippen LogP contribution is -2.20. The lowest BCUT2D eigenvalue weighted by atomic mass is 10.1. The van der Waals surface area contributed by atoms with Crippen molar-refractivity contribution < 1.29 is 22.7 Å². The minimum atomic E-state index is -4.47. The predicted molar refractivity (Wildman–Crippen MR) is 123 cm³/mol. The van der Waals surface area contributed by atoms with E-state index in [0.29, 0.717) is 30.2 Å². The Morgan fingerprint density at radius 3 is 2.71 bits per heavy atom. The van der Waals surface area contributed by atoms with Crippen LogP contribution in [0.4, 0.5) is 18.9 Å². The second kappa shape index (κ2) is 9.94. The quantitative estimate of drug-likeness (QED) is 0.505. The summed E-state index contributed by atoms with van der Waals surface area (Å²) in [6.45, 7) is 2.88. The van der Waals surface area contributed by atoms with Crippen molar-refractivity contribution in [1.29, 1.82) is 0 Å². The fraction of sp³-hybridized carbons (Fsp3) is 0.240. The number of hydrogen-bond donors (Lipinski definition) is 2. The number of aliphatic imine (C=N–C) groups is 1. The normalized spacial score (nSPS) is 13.2. The molecule has 0 saturated heterocycles. The van der Waals surface area contributed by atoms with Crippen molar-refractivity contribution in [3.63, 3.8) is 0 Å². The molecule has 0 radical (unpaired) electrons. The fourth-order valence-corrected chi connectivity index (χ4v) is 3.56. The SMILES string of the molecule is Cc1ccc(NC(=O)CCc2cccc(Oc3ccnc(C4=NCCN4)c3)c2)cc1C(F)(F)F. The van der Waals surface area contributed by atoms with Crippen molar-refractivity contribution in [2.45, 2.75) is 25.9 Å². The number of rotatable bonds is 7. The van der Waals surface area contributed by atoms with Gasteiger partial charge in [0.25, 0.3) is 0 Å². The molecule has 0 spiro atoms. The van der Waals surface area contributed by atoms with E-state index >= 15 is 0 Å². The maximum atomic E-state index is 13.1. The van der Waals surface area contributed by atoms with Gasteiger partial charge in [0.1, 0.15) is 23.0 Å². The molecule has 2 N–H and O–H groups in total. The van der Waals surface area contributed by atoms with Crippen molar-refractivity contribution in [2.24, 2.45) is 4.99 Å². The number of benzene rings is 2. The number of aromatic nitrogens is 1. The van der Waals surface area contributed by atoms with Crippen molar-refractivity contribution >= 4 is 17.4 Å². The summed E-state index contributed by atoms with van der Waals surface area (Å²) in [5.41, 5.74) is 1.03. The van der Waals surface area contributed by atoms with E-state index in [1.807, 2.05) is 18.2 Å². The number of ether oxygens (including phenoxy) is 1. The Bertz CT molecular complexity index is 1220. The fourth-order valence-electron chi connectivity index (χ4n) is 3.56. The molecular formula is C25H23F3N4O2. The van der Waals surface area contributed by atoms with E-state index in [9.17, 15) is 18.0 Å². The Morgan fingerprint density at radius 1 is 1.12 bits per heavy atom. The van der Waals surface area contributed by atoms with Crippen molar-refractivity contribution in [1.82, 2.24) is 10.3 Å². The van der Waals surface area contributed by atoms with Gasteiger partial charge in [0.2, 0.25) is 5.91 Å². The number of hydrogen-bond acceptors (Lipinski definition) is 5. The lowest BCUT2D eigenvalue weighted by Gasteiger charge is -2.13. The summed E-state index contributed by atoms with van der Waals surface area (Å²) in [5.74, 6) is 1.58. The first-order valence-electron chi connectivity index (χ1n) is 10.8. The molecule has 1 aromatic heterocycles. The minimum Gasteiger partial charge on any atom is -0.457 e. The highest BCUT2D eigenvalue weighted by Gasteiger charge is 2.32. The van der Waals surface area contributed by atoms with Crippen LogP contribution in [0.5, 0.6) is 11.5 Å². The Morgan fingerprint density at radius 2 is 1.94 bits per heavy atom. The Kier molecular flexibility index (Phi) is 6.81. The van der Waals surface area contributed by atoms with Crippen LogP contribution < -0.4 is 15.4 Å². The first-order valence-corrected chi connectivity index (χ1v) is 10.8. The van der Waals surface area contributed by atoms with E-state index in [1.165, 1.54) is 19.1 Å². The van der Waals surface area contributed by atoms with Gasteiger partial charge >= 0.3 is 6.18 Å². The third-order valence-corrected chi connectivity index (χ3v) is 5.25. The van der Waals surface area contributed by atoms with Gasteiger partial charge in [-0.25, -0.2) is 0 Å². The van der Waals surface area contributed by atoms with Crippen LogP contribution in [0.2, 0.25) is 0 Å². The predicted octanol–water partition coefficient (Wildman–Crippen LogP) is 5.12. The Hall–Kier alpha value is -3.88. The second-order valence-corrected chi connectivity index (χ2v) is 7.86. The standard InChI is InChI=1S/C25H23F3N4O2/c1-16-5-7-18(14-21(16)25(26,27)28)32-23(33)8-6-17-3-2-4-19(13-17)34-20-9-10-29-22(15-20)24-30-11-12-31-24/h2-5,7,9-10,13-15H,6,8,11-12H2,1H3,(H,30,31)(H,32,33). The number of amidine groups is 1. The van der Waals surface area contributed by atoms with Crippen molar-refractivity contribution in [3.05, 3.63) is 83.2 Å². The molecule has 2 aromatic carbocycles. The monoisotopic (exact) mass is 468 g/mol. The molecule has 0 aliphatic carbocycles. The highest BCUT2D eigenvalue weighted by molar-refractivity contribution is 5.98. The van der Waals surface area contributed by atoms with Gasteiger partial charge in [-0.2, -0.15) is 13.2 Å². The van der Waals surface area contributed by atoms with E-state index < -0.39 is 11.7 Å². The summed E-state index contributed by atoms with van der Waals surface area (Å²) in [5, 5.41) is 5.71. The second-order valence-electron chi connectivity index (χ2n) is 7.86. The largest absolute Gasteiger partial charge is 0.457 e. The molecule has 0 atom stereocenters. The van der Waals surface area contributed by atoms with E-state index in [1.54, 1.807) is 24.4 Å². The zero-order valence-electron chi connectivity index (χ0n) is 18.4. The minimum absolute atomic E-state index is 0.108. The van der Waals surface area contributed by atoms with Crippen LogP contribution in [0.1, 0.15) is 28.8 Å². The van der Waals surface area contributed by atoms with Crippen molar-refractivity contribution in [3.8, 4) is 11.5 Å². The first-order chi connectivity index (χ1) is 16.3. The number of alkyl halides is 3. The molecule has 1 aliphatic rings. The molecule has 1 amide bonds. The van der Waals surface area contributed by atoms with Gasteiger partial charge in [0.05, 0.1) is 12.1 Å². The Balaban J connectivity index is 1.36. The lowest BCUT2D eigenvalue weighted by molar-refractivity contribution is -0.138. The Labute approximate surface area is 194 Å². The van der Waals surface area contributed by atoms with Crippen LogP contribution in [0, 0.1) is 6.92 Å². The molecule has 176 valence electrons. The van der Waals surface area contributed by atoms with Crippen LogP contribution in [0.15, 0.2) is 65.8 Å². The third-order valence-electron chi connectivity index (χ3n) is 5.25. The van der Waals surface area contributed by atoms with Crippen LogP contribution >= 0.6 is 0 Å². The average Bonchev–Trinajstić information content (AvgIpc) is 3.34. The highest BCUT2D eigenvalue weighted by atomic mass is 19.4. The summed E-state index contributed by atoms with van der Waals surface area (Å²) in [6.07, 6.45) is -2.30. The summed E-state index contributed by atoms with van der Waals surface area (Å²) in [4.78, 5) is 21.0. The maximum Gasteiger partial charge on any atom is 0.416 e. The number of halogens is 3.